The molecule has 0 saturated heterocycles. The number of aryl methyl sites for hydroxylation is 1. The molecule has 0 bridgehead atoms. The molecular formula is C22H35N7O2. The van der Waals surface area contributed by atoms with Gasteiger partial charge in [0.1, 0.15) is 0 Å². The minimum absolute atomic E-state index is 0.428. The van der Waals surface area contributed by atoms with Gasteiger partial charge in [0.2, 0.25) is 17.8 Å². The van der Waals surface area contributed by atoms with E-state index in [2.05, 4.69) is 62.1 Å². The third-order valence-corrected chi connectivity index (χ3v) is 5.06. The van der Waals surface area contributed by atoms with Crippen molar-refractivity contribution in [3.05, 3.63) is 35.4 Å². The van der Waals surface area contributed by atoms with Gasteiger partial charge in [0.25, 0.3) is 0 Å². The zero-order valence-corrected chi connectivity index (χ0v) is 18.4. The zero-order valence-electron chi connectivity index (χ0n) is 18.4. The topological polar surface area (TPSA) is 119 Å². The molecule has 0 unspecified atom stereocenters. The number of nitrogens with zero attached hydrogens (tertiary/aromatic N) is 3. The number of nitrogens with one attached hydrogen (secondary N) is 3. The molecule has 9 nitrogen and oxygen atoms in total. The minimum atomic E-state index is 0.428. The molecule has 1 fully saturated rings. The fourth-order valence-corrected chi connectivity index (χ4v) is 3.38. The SMILES string of the molecule is Cc1ccc(CNc2nc(NCCOCCOCCN)nc(NC3CCCC3)n2)cc1. The van der Waals surface area contributed by atoms with Crippen LogP contribution >= 0.6 is 0 Å². The van der Waals surface area contributed by atoms with E-state index in [4.69, 9.17) is 15.2 Å². The lowest BCUT2D eigenvalue weighted by atomic mass is 10.1. The summed E-state index contributed by atoms with van der Waals surface area (Å²) < 4.78 is 10.8. The van der Waals surface area contributed by atoms with E-state index in [0.29, 0.717) is 69.9 Å². The fourth-order valence-electron chi connectivity index (χ4n) is 3.38. The molecule has 170 valence electrons. The maximum atomic E-state index is 5.55. The van der Waals surface area contributed by atoms with Crippen molar-refractivity contribution in [2.24, 2.45) is 5.73 Å². The maximum absolute atomic E-state index is 5.55. The summed E-state index contributed by atoms with van der Waals surface area (Å²) in [6.07, 6.45) is 4.80. The Morgan fingerprint density at radius 3 is 2.23 bits per heavy atom. The highest BCUT2D eigenvalue weighted by Crippen LogP contribution is 2.21. The van der Waals surface area contributed by atoms with Crippen LogP contribution in [-0.4, -0.2) is 60.5 Å². The molecule has 1 saturated carbocycles. The summed E-state index contributed by atoms with van der Waals surface area (Å²) in [6.45, 7) is 6.04. The molecule has 31 heavy (non-hydrogen) atoms. The molecule has 1 heterocycles. The highest BCUT2D eigenvalue weighted by Gasteiger charge is 2.17. The number of hydrogen-bond donors (Lipinski definition) is 4. The number of rotatable bonds is 14. The summed E-state index contributed by atoms with van der Waals surface area (Å²) in [6, 6.07) is 8.85. The fraction of sp³-hybridized carbons (Fsp3) is 0.591. The molecule has 1 aromatic carbocycles. The molecule has 1 aliphatic carbocycles. The summed E-state index contributed by atoms with van der Waals surface area (Å²) in [5.74, 6) is 1.69. The second kappa shape index (κ2) is 13.0. The number of hydrogen-bond acceptors (Lipinski definition) is 9. The van der Waals surface area contributed by atoms with E-state index in [9.17, 15) is 0 Å². The smallest absolute Gasteiger partial charge is 0.229 e. The van der Waals surface area contributed by atoms with Crippen LogP contribution in [0.1, 0.15) is 36.8 Å². The molecule has 9 heteroatoms. The lowest BCUT2D eigenvalue weighted by Gasteiger charge is -2.15. The van der Waals surface area contributed by atoms with Crippen LogP contribution in [0.2, 0.25) is 0 Å². The van der Waals surface area contributed by atoms with Crippen LogP contribution in [0.4, 0.5) is 17.8 Å². The molecule has 1 aliphatic rings. The van der Waals surface area contributed by atoms with Crippen LogP contribution in [0.3, 0.4) is 0 Å². The molecular weight excluding hydrogens is 394 g/mol. The number of nitrogens with two attached hydrogens (primary N) is 1. The third-order valence-electron chi connectivity index (χ3n) is 5.06. The van der Waals surface area contributed by atoms with Crippen LogP contribution in [0.25, 0.3) is 0 Å². The van der Waals surface area contributed by atoms with E-state index < -0.39 is 0 Å². The van der Waals surface area contributed by atoms with Crippen LogP contribution in [0.5, 0.6) is 0 Å². The molecule has 3 rings (SSSR count). The second-order valence-electron chi connectivity index (χ2n) is 7.71. The van der Waals surface area contributed by atoms with Crippen molar-refractivity contribution < 1.29 is 9.47 Å². The minimum Gasteiger partial charge on any atom is -0.378 e. The van der Waals surface area contributed by atoms with Crippen LogP contribution in [-0.2, 0) is 16.0 Å². The van der Waals surface area contributed by atoms with E-state index in [1.54, 1.807) is 0 Å². The average Bonchev–Trinajstić information content (AvgIpc) is 3.28. The van der Waals surface area contributed by atoms with Gasteiger partial charge in [-0.1, -0.05) is 42.7 Å². The lowest BCUT2D eigenvalue weighted by Crippen LogP contribution is -2.20. The van der Waals surface area contributed by atoms with Crippen LogP contribution in [0, 0.1) is 6.92 Å². The highest BCUT2D eigenvalue weighted by molar-refractivity contribution is 5.43. The third kappa shape index (κ3) is 8.64. The summed E-state index contributed by atoms with van der Waals surface area (Å²) in [5, 5.41) is 10.0. The van der Waals surface area contributed by atoms with Gasteiger partial charge in [0, 0.05) is 25.7 Å². The van der Waals surface area contributed by atoms with Gasteiger partial charge >= 0.3 is 0 Å². The van der Waals surface area contributed by atoms with Gasteiger partial charge in [-0.3, -0.25) is 0 Å². The van der Waals surface area contributed by atoms with Gasteiger partial charge in [-0.15, -0.1) is 0 Å². The summed E-state index contributed by atoms with van der Waals surface area (Å²) >= 11 is 0. The standard InChI is InChI=1S/C22H35N7O2/c1-17-6-8-18(9-7-17)16-25-21-27-20(24-11-13-31-15-14-30-12-10-23)28-22(29-21)26-19-4-2-3-5-19/h6-9,19H,2-5,10-16,23H2,1H3,(H3,24,25,26,27,28,29). The molecule has 5 N–H and O–H groups in total. The average molecular weight is 430 g/mol. The molecule has 0 radical (unpaired) electrons. The Morgan fingerprint density at radius 1 is 0.871 bits per heavy atom. The summed E-state index contributed by atoms with van der Waals surface area (Å²) in [7, 11) is 0. The monoisotopic (exact) mass is 429 g/mol. The maximum Gasteiger partial charge on any atom is 0.229 e. The van der Waals surface area contributed by atoms with Gasteiger partial charge in [-0.05, 0) is 25.3 Å². The van der Waals surface area contributed by atoms with E-state index in [0.717, 1.165) is 12.8 Å². The Kier molecular flexibility index (Phi) is 9.75. The Labute approximate surface area is 184 Å². The van der Waals surface area contributed by atoms with Crippen molar-refractivity contribution in [2.75, 3.05) is 55.5 Å². The van der Waals surface area contributed by atoms with Crippen molar-refractivity contribution in [2.45, 2.75) is 45.2 Å². The lowest BCUT2D eigenvalue weighted by molar-refractivity contribution is 0.0547. The predicted molar refractivity (Wildman–Crippen MR) is 123 cm³/mol. The zero-order chi connectivity index (χ0) is 21.7. The number of benzene rings is 1. The first-order valence-corrected chi connectivity index (χ1v) is 11.1. The predicted octanol–water partition coefficient (Wildman–Crippen LogP) is 2.55. The van der Waals surface area contributed by atoms with Crippen molar-refractivity contribution >= 4 is 17.8 Å². The number of aromatic nitrogens is 3. The molecule has 2 aromatic rings. The molecule has 0 atom stereocenters. The van der Waals surface area contributed by atoms with Gasteiger partial charge in [-0.2, -0.15) is 15.0 Å². The Bertz CT molecular complexity index is 767. The van der Waals surface area contributed by atoms with Crippen molar-refractivity contribution in [3.63, 3.8) is 0 Å². The molecule has 0 aliphatic heterocycles. The molecule has 1 aromatic heterocycles. The molecule has 0 amide bonds. The van der Waals surface area contributed by atoms with E-state index in [1.165, 1.54) is 24.0 Å². The van der Waals surface area contributed by atoms with E-state index in [-0.39, 0.29) is 0 Å². The Balaban J connectivity index is 1.53. The Hall–Kier alpha value is -2.49. The first-order valence-electron chi connectivity index (χ1n) is 11.1. The summed E-state index contributed by atoms with van der Waals surface area (Å²) in [4.78, 5) is 13.6. The quantitative estimate of drug-likeness (QED) is 0.336. The van der Waals surface area contributed by atoms with Crippen LogP contribution in [0.15, 0.2) is 24.3 Å². The number of anilines is 3. The van der Waals surface area contributed by atoms with Gasteiger partial charge in [-0.25, -0.2) is 0 Å². The normalized spacial score (nSPS) is 14.0. The van der Waals surface area contributed by atoms with Gasteiger partial charge in [0.05, 0.1) is 26.4 Å². The van der Waals surface area contributed by atoms with E-state index >= 15 is 0 Å². The molecule has 0 spiro atoms. The summed E-state index contributed by atoms with van der Waals surface area (Å²) in [5.41, 5.74) is 7.81. The first kappa shape index (κ1) is 23.2. The second-order valence-corrected chi connectivity index (χ2v) is 7.71. The van der Waals surface area contributed by atoms with Crippen molar-refractivity contribution in [1.29, 1.82) is 0 Å². The number of ether oxygens (including phenoxy) is 2. The highest BCUT2D eigenvalue weighted by atomic mass is 16.5. The largest absolute Gasteiger partial charge is 0.378 e. The van der Waals surface area contributed by atoms with E-state index in [1.807, 2.05) is 0 Å². The van der Waals surface area contributed by atoms with Gasteiger partial charge in [0.15, 0.2) is 0 Å². The Morgan fingerprint density at radius 2 is 1.52 bits per heavy atom. The van der Waals surface area contributed by atoms with Crippen LogP contribution < -0.4 is 21.7 Å². The first-order chi connectivity index (χ1) is 15.2. The van der Waals surface area contributed by atoms with Gasteiger partial charge < -0.3 is 31.2 Å². The van der Waals surface area contributed by atoms with Crippen molar-refractivity contribution in [1.82, 2.24) is 15.0 Å². The van der Waals surface area contributed by atoms with Crippen molar-refractivity contribution in [3.8, 4) is 0 Å².